The van der Waals surface area contributed by atoms with Crippen LogP contribution in [0.5, 0.6) is 0 Å². The van der Waals surface area contributed by atoms with Gasteiger partial charge >= 0.3 is 80.3 Å². The first-order chi connectivity index (χ1) is 25.3. The topological polar surface area (TPSA) is 156 Å². The van der Waals surface area contributed by atoms with Crippen molar-refractivity contribution in [1.82, 2.24) is 6.15 Å². The Bertz CT molecular complexity index is 2100. The van der Waals surface area contributed by atoms with Gasteiger partial charge in [-0.3, -0.25) is 9.70 Å². The van der Waals surface area contributed by atoms with E-state index in [2.05, 4.69) is 158 Å². The van der Waals surface area contributed by atoms with Crippen molar-refractivity contribution < 1.29 is 98.2 Å². The van der Waals surface area contributed by atoms with Crippen molar-refractivity contribution in [2.75, 3.05) is 13.1 Å². The number of hydrogen-bond donors (Lipinski definition) is 1. The number of nitrogens with zero attached hydrogens (tertiary/aromatic N) is 3. The monoisotopic (exact) mass is 1110 g/mol. The number of hydrogen-bond acceptors (Lipinski definition) is 8. The predicted octanol–water partition coefficient (Wildman–Crippen LogP) is 4.66. The molecule has 0 bridgehead atoms. The summed E-state index contributed by atoms with van der Waals surface area (Å²) in [6, 6.07) is 25.2. The van der Waals surface area contributed by atoms with Crippen molar-refractivity contribution in [3.8, 4) is 0 Å². The van der Waals surface area contributed by atoms with Crippen LogP contribution in [0.15, 0.2) is 83.4 Å². The van der Waals surface area contributed by atoms with E-state index in [9.17, 15) is 0 Å². The maximum absolute atomic E-state index is 8.44. The zero-order valence-corrected chi connectivity index (χ0v) is 45.8. The number of para-hydroxylation sites is 1. The standard InChI is InChI=1S/2C14H18IN.C13H15N.CH4.FH.H3N.2Na.2O3S/c1-5-9-16-10(2)14(3,4)13-11(15)7-6-8-12(13)16;1-5-8-16-10(2)14(3,4)12-7-6-11(15)9-13(12)16;1-3-7-12(2)10-11-14-13-8-5-4-6-9-13;;;;;;2*1-4(2)3/h6,8H,5,9H2,1-4H3;7,9H,5,8H2,1-4H3;3-11H,1-2H3;1H4;1H;1H3;;;;/q;;;;;;2*+1;;/b;;7-3+,12-10+,14-11?;;;;;;;/i2*15+4;;;;;;;;. The SMILES string of the molecule is C.C/C=C/C(C)=C/C=Nc1ccccc1.CCC[N+]1=C(C)C(C)(C)c2c([131I])[c-]ccc21.CCC[N+]1=C(C)C(C)(C)c2c[c-]c([131I])cc21.F.N.O=S(=O)=O.O=S(=O)=O.[Na+].[Na+]. The molecular weight excluding hydrogens is 1050 g/mol. The van der Waals surface area contributed by atoms with Crippen LogP contribution in [0.25, 0.3) is 0 Å². The van der Waals surface area contributed by atoms with E-state index in [-0.39, 0.29) is 88.2 Å². The second-order valence-corrected chi connectivity index (χ2v) is 16.3. The Morgan fingerprint density at radius 1 is 0.814 bits per heavy atom. The van der Waals surface area contributed by atoms with Gasteiger partial charge in [-0.05, 0) is 37.6 Å². The molecule has 3 aromatic rings. The molecule has 0 saturated carbocycles. The fourth-order valence-electron chi connectivity index (χ4n) is 5.97. The van der Waals surface area contributed by atoms with Crippen molar-refractivity contribution in [3.63, 3.8) is 0 Å². The summed E-state index contributed by atoms with van der Waals surface area (Å²) in [5, 5.41) is 0. The molecule has 0 aromatic heterocycles. The molecule has 0 spiro atoms. The van der Waals surface area contributed by atoms with E-state index in [0.717, 1.165) is 18.8 Å². The Balaban J connectivity index is -0.000000218. The van der Waals surface area contributed by atoms with E-state index >= 15 is 0 Å². The summed E-state index contributed by atoms with van der Waals surface area (Å²) in [6.45, 7) is 24.5. The van der Waals surface area contributed by atoms with Gasteiger partial charge in [-0.2, -0.15) is 24.3 Å². The summed E-state index contributed by atoms with van der Waals surface area (Å²) >= 11 is 4.74. The van der Waals surface area contributed by atoms with Crippen molar-refractivity contribution in [3.05, 3.63) is 109 Å². The first kappa shape index (κ1) is 66.8. The maximum Gasteiger partial charge on any atom is 1.00 e. The van der Waals surface area contributed by atoms with Gasteiger partial charge in [0.2, 0.25) is 0 Å². The Labute approximate surface area is 427 Å². The predicted molar refractivity (Wildman–Crippen MR) is 250 cm³/mol. The number of fused-ring (bicyclic) bond motifs is 2. The van der Waals surface area contributed by atoms with E-state index in [0.29, 0.717) is 0 Å². The molecule has 0 fully saturated rings. The minimum absolute atomic E-state index is 0. The van der Waals surface area contributed by atoms with Gasteiger partial charge in [-0.15, -0.1) is 31.3 Å². The van der Waals surface area contributed by atoms with Crippen LogP contribution in [-0.2, 0) is 32.0 Å². The second kappa shape index (κ2) is 33.3. The van der Waals surface area contributed by atoms with Gasteiger partial charge in [0.15, 0.2) is 11.4 Å². The number of rotatable bonds is 7. The van der Waals surface area contributed by atoms with Crippen LogP contribution in [0.4, 0.5) is 21.8 Å². The Kier molecular flexibility index (Phi) is 37.7. The molecule has 2 heterocycles. The Hall–Kier alpha value is -1.26. The van der Waals surface area contributed by atoms with E-state index in [1.165, 1.54) is 59.5 Å². The van der Waals surface area contributed by atoms with Crippen molar-refractivity contribution in [2.45, 2.75) is 100 Å². The van der Waals surface area contributed by atoms with Gasteiger partial charge in [0.05, 0.1) is 5.69 Å². The first-order valence-corrected chi connectivity index (χ1v) is 21.5. The molecule has 2 aliphatic heterocycles. The third-order valence-corrected chi connectivity index (χ3v) is 10.4. The van der Waals surface area contributed by atoms with Crippen LogP contribution >= 0.6 is 45.2 Å². The molecule has 0 aliphatic carbocycles. The minimum atomic E-state index is -3.11. The first-order valence-electron chi connectivity index (χ1n) is 17.3. The molecule has 316 valence electrons. The van der Waals surface area contributed by atoms with E-state index in [1.807, 2.05) is 61.7 Å². The van der Waals surface area contributed by atoms with Gasteiger partial charge in [-0.1, -0.05) is 149 Å². The molecule has 0 radical (unpaired) electrons. The van der Waals surface area contributed by atoms with Gasteiger partial charge < -0.3 is 6.15 Å². The summed E-state index contributed by atoms with van der Waals surface area (Å²) in [4.78, 5) is 4.29. The summed E-state index contributed by atoms with van der Waals surface area (Å²) < 4.78 is 58.1. The van der Waals surface area contributed by atoms with Crippen molar-refractivity contribution in [2.24, 2.45) is 4.99 Å². The average molecular weight is 1110 g/mol. The number of halogens is 3. The summed E-state index contributed by atoms with van der Waals surface area (Å²) in [5.74, 6) is 0. The van der Waals surface area contributed by atoms with E-state index < -0.39 is 21.2 Å². The molecule has 17 heteroatoms. The van der Waals surface area contributed by atoms with E-state index in [1.54, 1.807) is 0 Å². The summed E-state index contributed by atoms with van der Waals surface area (Å²) in [5.41, 5.74) is 11.0. The van der Waals surface area contributed by atoms with Gasteiger partial charge in [0.25, 0.3) is 0 Å². The van der Waals surface area contributed by atoms with Crippen LogP contribution < -0.4 is 65.3 Å². The molecule has 59 heavy (non-hydrogen) atoms. The van der Waals surface area contributed by atoms with Gasteiger partial charge in [0, 0.05) is 43.7 Å². The summed E-state index contributed by atoms with van der Waals surface area (Å²) in [7, 11) is -6.22. The molecule has 3 aromatic carbocycles. The van der Waals surface area contributed by atoms with Gasteiger partial charge in [-0.25, -0.2) is 9.15 Å². The molecule has 3 N–H and O–H groups in total. The second-order valence-electron chi connectivity index (χ2n) is 13.3. The quantitative estimate of drug-likeness (QED) is 0.0903. The third kappa shape index (κ3) is 21.6. The van der Waals surface area contributed by atoms with Crippen LogP contribution in [0, 0.1) is 19.3 Å². The molecular formula is C42H59FI2N4Na2O6S2+2. The molecule has 0 atom stereocenters. The molecule has 0 amide bonds. The fraction of sp³-hybridized carbons (Fsp3) is 0.405. The van der Waals surface area contributed by atoms with Crippen LogP contribution in [0.2, 0.25) is 0 Å². The minimum Gasteiger partial charge on any atom is -0.344 e. The zero-order valence-electron chi connectivity index (χ0n) is 35.8. The molecule has 5 rings (SSSR count). The van der Waals surface area contributed by atoms with Crippen molar-refractivity contribution >= 4 is 101 Å². The van der Waals surface area contributed by atoms with Crippen LogP contribution in [0.1, 0.15) is 101 Å². The third-order valence-electron chi connectivity index (χ3n) is 8.96. The van der Waals surface area contributed by atoms with E-state index in [4.69, 9.17) is 25.3 Å². The average Bonchev–Trinajstić information content (AvgIpc) is 3.40. The zero-order chi connectivity index (χ0) is 41.2. The van der Waals surface area contributed by atoms with Crippen LogP contribution in [-0.4, -0.2) is 65.1 Å². The Morgan fingerprint density at radius 2 is 1.29 bits per heavy atom. The van der Waals surface area contributed by atoms with Gasteiger partial charge in [0.1, 0.15) is 24.5 Å². The summed E-state index contributed by atoms with van der Waals surface area (Å²) in [6.07, 6.45) is 10.3. The largest absolute Gasteiger partial charge is 1.00 e. The van der Waals surface area contributed by atoms with Crippen molar-refractivity contribution in [1.29, 1.82) is 0 Å². The fourth-order valence-corrected chi connectivity index (χ4v) is 7.55. The molecule has 2 aliphatic rings. The number of aliphatic imine (C=N–C) groups is 1. The molecule has 10 nitrogen and oxygen atoms in total. The Morgan fingerprint density at radius 3 is 1.76 bits per heavy atom. The number of benzene rings is 3. The molecule has 0 saturated heterocycles. The molecule has 0 unspecified atom stereocenters. The normalized spacial score (nSPS) is 13.5. The van der Waals surface area contributed by atoms with Crippen LogP contribution in [0.3, 0.4) is 0 Å². The maximum atomic E-state index is 8.44. The number of allylic oxidation sites excluding steroid dienone is 4. The smallest absolute Gasteiger partial charge is 0.344 e.